The Labute approximate surface area is 58.7 Å². The third-order valence-corrected chi connectivity index (χ3v) is 0.843. The topological polar surface area (TPSA) is 41.8 Å². The van der Waals surface area contributed by atoms with Crippen molar-refractivity contribution in [2.24, 2.45) is 0 Å². The number of rotatable bonds is 0. The van der Waals surface area contributed by atoms with Gasteiger partial charge in [0.25, 0.3) is 0 Å². The van der Waals surface area contributed by atoms with Gasteiger partial charge in [-0.2, -0.15) is 0 Å². The summed E-state index contributed by atoms with van der Waals surface area (Å²) in [6.07, 6.45) is 6.85. The molecule has 3 nitrogen and oxygen atoms in total. The normalized spacial score (nSPS) is 8.00. The molecule has 0 amide bonds. The van der Waals surface area contributed by atoms with Gasteiger partial charge in [-0.1, -0.05) is 5.16 Å². The standard InChI is InChI=1S/C4H5N.C3H3NO/c2*1-2-4-5-3-1/h1-5H;1-3H. The summed E-state index contributed by atoms with van der Waals surface area (Å²) in [6.45, 7) is 0. The van der Waals surface area contributed by atoms with E-state index in [1.54, 1.807) is 12.3 Å². The van der Waals surface area contributed by atoms with Crippen LogP contribution in [0.25, 0.3) is 0 Å². The van der Waals surface area contributed by atoms with Crippen LogP contribution in [0.5, 0.6) is 0 Å². The third-order valence-electron chi connectivity index (χ3n) is 0.843. The molecule has 0 aromatic carbocycles. The van der Waals surface area contributed by atoms with Crippen molar-refractivity contribution in [1.82, 2.24) is 10.1 Å². The van der Waals surface area contributed by atoms with E-state index in [0.29, 0.717) is 0 Å². The lowest BCUT2D eigenvalue weighted by Gasteiger charge is -1.49. The van der Waals surface area contributed by atoms with Gasteiger partial charge >= 0.3 is 0 Å². The molecule has 0 radical (unpaired) electrons. The zero-order valence-corrected chi connectivity index (χ0v) is 5.40. The second kappa shape index (κ2) is 4.38. The fourth-order valence-corrected chi connectivity index (χ4v) is 0.453. The summed E-state index contributed by atoms with van der Waals surface area (Å²) in [5.74, 6) is 0. The molecule has 0 aliphatic rings. The van der Waals surface area contributed by atoms with Crippen molar-refractivity contribution in [2.45, 2.75) is 0 Å². The number of aromatic nitrogens is 2. The van der Waals surface area contributed by atoms with Crippen LogP contribution < -0.4 is 0 Å². The van der Waals surface area contributed by atoms with E-state index in [1.807, 2.05) is 24.5 Å². The molecule has 0 unspecified atom stereocenters. The van der Waals surface area contributed by atoms with Gasteiger partial charge in [0.1, 0.15) is 6.26 Å². The van der Waals surface area contributed by atoms with Crippen molar-refractivity contribution in [3.63, 3.8) is 0 Å². The summed E-state index contributed by atoms with van der Waals surface area (Å²) in [5, 5.41) is 3.35. The maximum atomic E-state index is 4.33. The fraction of sp³-hybridized carbons (Fsp3) is 0. The lowest BCUT2D eigenvalue weighted by atomic mass is 10.7. The highest BCUT2D eigenvalue weighted by Crippen LogP contribution is 1.72. The quantitative estimate of drug-likeness (QED) is 0.598. The average Bonchev–Trinajstić information content (AvgIpc) is 2.67. The van der Waals surface area contributed by atoms with Crippen molar-refractivity contribution >= 4 is 0 Å². The maximum Gasteiger partial charge on any atom is 0.123 e. The molecule has 2 aromatic heterocycles. The van der Waals surface area contributed by atoms with Crippen molar-refractivity contribution in [3.8, 4) is 0 Å². The molecule has 0 saturated heterocycles. The van der Waals surface area contributed by atoms with Crippen LogP contribution in [0.4, 0.5) is 0 Å². The summed E-state index contributed by atoms with van der Waals surface area (Å²) in [7, 11) is 0. The van der Waals surface area contributed by atoms with Gasteiger partial charge in [-0.05, 0) is 18.2 Å². The minimum Gasteiger partial charge on any atom is -0.368 e. The average molecular weight is 136 g/mol. The Morgan fingerprint density at radius 1 is 1.10 bits per heavy atom. The molecule has 2 rings (SSSR count). The van der Waals surface area contributed by atoms with Crippen LogP contribution in [0.15, 0.2) is 47.6 Å². The molecule has 10 heavy (non-hydrogen) atoms. The molecule has 0 aliphatic heterocycles. The molecule has 0 saturated carbocycles. The predicted octanol–water partition coefficient (Wildman–Crippen LogP) is 1.69. The van der Waals surface area contributed by atoms with E-state index in [2.05, 4.69) is 14.7 Å². The lowest BCUT2D eigenvalue weighted by Crippen LogP contribution is -1.38. The van der Waals surface area contributed by atoms with Crippen LogP contribution >= 0.6 is 0 Å². The van der Waals surface area contributed by atoms with E-state index in [1.165, 1.54) is 6.26 Å². The minimum atomic E-state index is 1.51. The zero-order chi connectivity index (χ0) is 7.07. The van der Waals surface area contributed by atoms with E-state index in [-0.39, 0.29) is 0 Å². The Morgan fingerprint density at radius 2 is 1.90 bits per heavy atom. The smallest absolute Gasteiger partial charge is 0.123 e. The summed E-state index contributed by atoms with van der Waals surface area (Å²) < 4.78 is 4.33. The van der Waals surface area contributed by atoms with Crippen molar-refractivity contribution in [2.75, 3.05) is 0 Å². The molecule has 2 heterocycles. The Hall–Kier alpha value is -1.51. The Bertz CT molecular complexity index is 151. The number of nitrogens with zero attached hydrogens (tertiary/aromatic N) is 1. The van der Waals surface area contributed by atoms with E-state index in [4.69, 9.17) is 0 Å². The summed E-state index contributed by atoms with van der Waals surface area (Å²) in [5.41, 5.74) is 0. The number of H-pyrrole nitrogens is 1. The van der Waals surface area contributed by atoms with Crippen LogP contribution in [-0.4, -0.2) is 10.1 Å². The van der Waals surface area contributed by atoms with Crippen LogP contribution in [0, 0.1) is 0 Å². The van der Waals surface area contributed by atoms with Gasteiger partial charge in [-0.25, -0.2) is 0 Å². The van der Waals surface area contributed by atoms with E-state index in [9.17, 15) is 0 Å². The Balaban J connectivity index is 0.0000001000. The molecule has 0 aliphatic carbocycles. The van der Waals surface area contributed by atoms with E-state index >= 15 is 0 Å². The van der Waals surface area contributed by atoms with Crippen LogP contribution in [-0.2, 0) is 0 Å². The highest BCUT2D eigenvalue weighted by atomic mass is 16.5. The molecule has 1 N–H and O–H groups in total. The molecule has 0 fully saturated rings. The molecule has 0 atom stereocenters. The van der Waals surface area contributed by atoms with Gasteiger partial charge in [-0.3, -0.25) is 0 Å². The van der Waals surface area contributed by atoms with Crippen LogP contribution in [0.1, 0.15) is 0 Å². The summed E-state index contributed by atoms with van der Waals surface area (Å²) in [6, 6.07) is 5.61. The zero-order valence-electron chi connectivity index (χ0n) is 5.40. The third kappa shape index (κ3) is 2.71. The second-order valence-electron chi connectivity index (χ2n) is 1.57. The van der Waals surface area contributed by atoms with Gasteiger partial charge in [0.05, 0.1) is 6.20 Å². The highest BCUT2D eigenvalue weighted by Gasteiger charge is 1.60. The van der Waals surface area contributed by atoms with Gasteiger partial charge in [0.15, 0.2) is 0 Å². The van der Waals surface area contributed by atoms with Crippen molar-refractivity contribution in [3.05, 3.63) is 43.1 Å². The fourth-order valence-electron chi connectivity index (χ4n) is 0.453. The highest BCUT2D eigenvalue weighted by molar-refractivity contribution is 4.84. The van der Waals surface area contributed by atoms with Crippen LogP contribution in [0.3, 0.4) is 0 Å². The first-order valence-electron chi connectivity index (χ1n) is 2.92. The summed E-state index contributed by atoms with van der Waals surface area (Å²) in [4.78, 5) is 2.86. The first kappa shape index (κ1) is 6.61. The number of nitrogens with one attached hydrogen (secondary N) is 1. The molecular formula is C7H8N2O. The van der Waals surface area contributed by atoms with E-state index in [0.717, 1.165) is 0 Å². The molecular weight excluding hydrogens is 128 g/mol. The van der Waals surface area contributed by atoms with Gasteiger partial charge in [0.2, 0.25) is 0 Å². The molecule has 2 aromatic rings. The minimum absolute atomic E-state index is 1.51. The molecule has 52 valence electrons. The van der Waals surface area contributed by atoms with E-state index < -0.39 is 0 Å². The SMILES string of the molecule is c1cc[nH]c1.c1cnoc1. The van der Waals surface area contributed by atoms with Crippen molar-refractivity contribution in [1.29, 1.82) is 0 Å². The first-order valence-corrected chi connectivity index (χ1v) is 2.92. The first-order chi connectivity index (χ1) is 5.00. The number of aromatic amines is 1. The number of hydrogen-bond acceptors (Lipinski definition) is 2. The Morgan fingerprint density at radius 3 is 2.10 bits per heavy atom. The molecule has 0 bridgehead atoms. The van der Waals surface area contributed by atoms with Gasteiger partial charge in [0, 0.05) is 12.4 Å². The summed E-state index contributed by atoms with van der Waals surface area (Å²) >= 11 is 0. The lowest BCUT2D eigenvalue weighted by molar-refractivity contribution is 0.420. The van der Waals surface area contributed by atoms with Crippen molar-refractivity contribution < 1.29 is 4.52 Å². The maximum absolute atomic E-state index is 4.33. The molecule has 3 heteroatoms. The Kier molecular flexibility index (Phi) is 2.89. The predicted molar refractivity (Wildman–Crippen MR) is 37.3 cm³/mol. The monoisotopic (exact) mass is 136 g/mol. The van der Waals surface area contributed by atoms with Gasteiger partial charge < -0.3 is 9.51 Å². The number of hydrogen-bond donors (Lipinski definition) is 1. The second-order valence-corrected chi connectivity index (χ2v) is 1.57. The van der Waals surface area contributed by atoms with Gasteiger partial charge in [-0.15, -0.1) is 0 Å². The molecule has 0 spiro atoms. The largest absolute Gasteiger partial charge is 0.368 e. The van der Waals surface area contributed by atoms with Crippen LogP contribution in [0.2, 0.25) is 0 Å².